The molecule has 1 aliphatic carbocycles. The molecule has 0 saturated carbocycles. The van der Waals surface area contributed by atoms with E-state index in [0.717, 1.165) is 0 Å². The van der Waals surface area contributed by atoms with Crippen LogP contribution in [0, 0.1) is 0 Å². The van der Waals surface area contributed by atoms with E-state index in [1.54, 1.807) is 24.3 Å². The first-order valence-corrected chi connectivity index (χ1v) is 7.95. The minimum absolute atomic E-state index is 0.162. The summed E-state index contributed by atoms with van der Waals surface area (Å²) in [5, 5.41) is 1.41. The lowest BCUT2D eigenvalue weighted by Crippen LogP contribution is -2.47. The largest absolute Gasteiger partial charge is 0.340 e. The first kappa shape index (κ1) is 14.5. The van der Waals surface area contributed by atoms with Crippen molar-refractivity contribution >= 4 is 53.4 Å². The van der Waals surface area contributed by atoms with Crippen LogP contribution in [-0.2, 0) is 11.8 Å². The lowest BCUT2D eigenvalue weighted by Gasteiger charge is -2.40. The van der Waals surface area contributed by atoms with Gasteiger partial charge in [-0.3, -0.25) is 0 Å². The van der Waals surface area contributed by atoms with Crippen molar-refractivity contribution in [2.75, 3.05) is 0 Å². The SMILES string of the molecule is FC1(F)c2c(c3cc(Br)ccc3c3ccc(Br)cc23)C1(F)F. The van der Waals surface area contributed by atoms with Crippen molar-refractivity contribution in [3.8, 4) is 0 Å². The van der Waals surface area contributed by atoms with E-state index in [4.69, 9.17) is 0 Å². The fraction of sp³-hybridized carbons (Fsp3) is 0.125. The number of fused-ring (bicyclic) bond motifs is 6. The molecular formula is C16H6Br2F4. The van der Waals surface area contributed by atoms with Crippen LogP contribution in [0.3, 0.4) is 0 Å². The van der Waals surface area contributed by atoms with E-state index < -0.39 is 23.0 Å². The Morgan fingerprint density at radius 2 is 0.955 bits per heavy atom. The molecule has 3 aromatic rings. The van der Waals surface area contributed by atoms with Gasteiger partial charge in [0.25, 0.3) is 0 Å². The molecule has 22 heavy (non-hydrogen) atoms. The Balaban J connectivity index is 2.32. The van der Waals surface area contributed by atoms with Gasteiger partial charge in [0.1, 0.15) is 0 Å². The van der Waals surface area contributed by atoms with Crippen molar-refractivity contribution in [2.24, 2.45) is 0 Å². The quantitative estimate of drug-likeness (QED) is 0.273. The van der Waals surface area contributed by atoms with Crippen molar-refractivity contribution in [2.45, 2.75) is 11.8 Å². The summed E-state index contributed by atoms with van der Waals surface area (Å²) >= 11 is 6.43. The van der Waals surface area contributed by atoms with E-state index in [2.05, 4.69) is 31.9 Å². The highest BCUT2D eigenvalue weighted by molar-refractivity contribution is 9.10. The zero-order valence-corrected chi connectivity index (χ0v) is 13.9. The molecule has 0 heterocycles. The third kappa shape index (κ3) is 1.57. The predicted molar refractivity (Wildman–Crippen MR) is 84.6 cm³/mol. The van der Waals surface area contributed by atoms with E-state index in [0.29, 0.717) is 19.7 Å². The van der Waals surface area contributed by atoms with Gasteiger partial charge in [0, 0.05) is 20.1 Å². The number of hydrogen-bond acceptors (Lipinski definition) is 0. The summed E-state index contributed by atoms with van der Waals surface area (Å²) in [6.07, 6.45) is 0. The highest BCUT2D eigenvalue weighted by Crippen LogP contribution is 2.64. The first-order valence-electron chi connectivity index (χ1n) is 6.36. The molecule has 0 atom stereocenters. The summed E-state index contributed by atoms with van der Waals surface area (Å²) in [5.74, 6) is -8.31. The Labute approximate surface area is 139 Å². The fourth-order valence-electron chi connectivity index (χ4n) is 3.09. The van der Waals surface area contributed by atoms with Gasteiger partial charge in [0.15, 0.2) is 0 Å². The molecule has 3 aromatic carbocycles. The number of alkyl halides is 4. The third-order valence-electron chi connectivity index (χ3n) is 4.06. The second-order valence-corrected chi connectivity index (χ2v) is 7.11. The molecule has 0 unspecified atom stereocenters. The van der Waals surface area contributed by atoms with Crippen LogP contribution < -0.4 is 0 Å². The Morgan fingerprint density at radius 3 is 1.32 bits per heavy atom. The minimum atomic E-state index is -4.15. The van der Waals surface area contributed by atoms with Crippen molar-refractivity contribution < 1.29 is 17.6 Å². The highest BCUT2D eigenvalue weighted by Gasteiger charge is 2.70. The Kier molecular flexibility index (Phi) is 2.78. The maximum atomic E-state index is 14.0. The molecule has 0 nitrogen and oxygen atoms in total. The molecule has 0 amide bonds. The normalized spacial score (nSPS) is 18.3. The molecule has 6 heteroatoms. The standard InChI is InChI=1S/C16H6Br2F4/c17-7-1-3-9-10-4-2-8(18)6-12(10)14-13(11(9)5-7)15(19,20)16(14,21)22/h1-6H. The molecule has 1 aliphatic rings. The van der Waals surface area contributed by atoms with Crippen LogP contribution in [-0.4, -0.2) is 0 Å². The fourth-order valence-corrected chi connectivity index (χ4v) is 3.81. The summed E-state index contributed by atoms with van der Waals surface area (Å²) in [5.41, 5.74) is -1.14. The van der Waals surface area contributed by atoms with Gasteiger partial charge in [-0.15, -0.1) is 0 Å². The van der Waals surface area contributed by atoms with E-state index in [1.807, 2.05) is 0 Å². The maximum absolute atomic E-state index is 14.0. The Morgan fingerprint density at radius 1 is 0.591 bits per heavy atom. The zero-order valence-electron chi connectivity index (χ0n) is 10.7. The first-order chi connectivity index (χ1) is 10.2. The van der Waals surface area contributed by atoms with Crippen molar-refractivity contribution in [3.05, 3.63) is 56.5 Å². The van der Waals surface area contributed by atoms with E-state index in [1.165, 1.54) is 12.1 Å². The molecule has 0 N–H and O–H groups in total. The van der Waals surface area contributed by atoms with Crippen LogP contribution in [0.1, 0.15) is 11.1 Å². The van der Waals surface area contributed by atoms with E-state index >= 15 is 0 Å². The van der Waals surface area contributed by atoms with Gasteiger partial charge in [-0.05, 0) is 45.8 Å². The minimum Gasteiger partial charge on any atom is -0.194 e. The van der Waals surface area contributed by atoms with Crippen LogP contribution in [0.25, 0.3) is 21.5 Å². The predicted octanol–water partition coefficient (Wildman–Crippen LogP) is 6.72. The number of benzene rings is 3. The third-order valence-corrected chi connectivity index (χ3v) is 5.05. The van der Waals surface area contributed by atoms with Gasteiger partial charge < -0.3 is 0 Å². The number of rotatable bonds is 0. The van der Waals surface area contributed by atoms with Crippen LogP contribution in [0.15, 0.2) is 45.3 Å². The van der Waals surface area contributed by atoms with E-state index in [9.17, 15) is 17.6 Å². The molecule has 0 spiro atoms. The van der Waals surface area contributed by atoms with Gasteiger partial charge in [0.05, 0.1) is 0 Å². The summed E-state index contributed by atoms with van der Waals surface area (Å²) in [6, 6.07) is 9.71. The molecule has 112 valence electrons. The molecule has 0 aliphatic heterocycles. The topological polar surface area (TPSA) is 0 Å². The lowest BCUT2D eigenvalue weighted by molar-refractivity contribution is -0.251. The average Bonchev–Trinajstić information content (AvgIpc) is 2.44. The maximum Gasteiger partial charge on any atom is 0.340 e. The van der Waals surface area contributed by atoms with Crippen LogP contribution in [0.2, 0.25) is 0 Å². The molecule has 4 rings (SSSR count). The molecular weight excluding hydrogens is 428 g/mol. The van der Waals surface area contributed by atoms with Crippen molar-refractivity contribution in [1.82, 2.24) is 0 Å². The number of hydrogen-bond donors (Lipinski definition) is 0. The zero-order chi connectivity index (χ0) is 15.9. The molecule has 0 aromatic heterocycles. The Bertz CT molecular complexity index is 885. The van der Waals surface area contributed by atoms with Crippen LogP contribution in [0.5, 0.6) is 0 Å². The van der Waals surface area contributed by atoms with E-state index in [-0.39, 0.29) is 10.8 Å². The summed E-state index contributed by atoms with van der Waals surface area (Å²) in [6.45, 7) is 0. The van der Waals surface area contributed by atoms with Gasteiger partial charge in [0.2, 0.25) is 0 Å². The molecule has 0 saturated heterocycles. The highest BCUT2D eigenvalue weighted by atomic mass is 79.9. The molecule has 0 bridgehead atoms. The van der Waals surface area contributed by atoms with Gasteiger partial charge in [-0.1, -0.05) is 44.0 Å². The van der Waals surface area contributed by atoms with Crippen LogP contribution >= 0.6 is 31.9 Å². The van der Waals surface area contributed by atoms with Crippen LogP contribution in [0.4, 0.5) is 17.6 Å². The summed E-state index contributed by atoms with van der Waals surface area (Å²) in [7, 11) is 0. The summed E-state index contributed by atoms with van der Waals surface area (Å²) < 4.78 is 57.2. The smallest absolute Gasteiger partial charge is 0.194 e. The van der Waals surface area contributed by atoms with Gasteiger partial charge in [-0.2, -0.15) is 17.6 Å². The average molecular weight is 434 g/mol. The summed E-state index contributed by atoms with van der Waals surface area (Å²) in [4.78, 5) is 0. The molecule has 0 radical (unpaired) electrons. The Hall–Kier alpha value is -1.14. The monoisotopic (exact) mass is 432 g/mol. The van der Waals surface area contributed by atoms with Crippen molar-refractivity contribution in [1.29, 1.82) is 0 Å². The van der Waals surface area contributed by atoms with Gasteiger partial charge in [-0.25, -0.2) is 0 Å². The lowest BCUT2D eigenvalue weighted by atomic mass is 9.74. The second kappa shape index (κ2) is 4.23. The second-order valence-electron chi connectivity index (χ2n) is 5.28. The van der Waals surface area contributed by atoms with Gasteiger partial charge >= 0.3 is 11.8 Å². The molecule has 0 fully saturated rings. The van der Waals surface area contributed by atoms with Crippen molar-refractivity contribution in [3.63, 3.8) is 0 Å². The number of halogens is 6.